The van der Waals surface area contributed by atoms with Crippen LogP contribution in [0, 0.1) is 13.8 Å². The van der Waals surface area contributed by atoms with Crippen LogP contribution in [0.25, 0.3) is 0 Å². The van der Waals surface area contributed by atoms with Gasteiger partial charge < -0.3 is 11.5 Å². The van der Waals surface area contributed by atoms with Gasteiger partial charge in [0.25, 0.3) is 0 Å². The lowest BCUT2D eigenvalue weighted by Crippen LogP contribution is -2.07. The molecule has 72 valence electrons. The number of anilines is 2. The molecule has 1 heterocycles. The zero-order valence-electron chi connectivity index (χ0n) is 8.68. The zero-order valence-corrected chi connectivity index (χ0v) is 8.68. The van der Waals surface area contributed by atoms with Gasteiger partial charge in [0.05, 0.1) is 5.69 Å². The van der Waals surface area contributed by atoms with Crippen LogP contribution in [-0.2, 0) is 0 Å². The van der Waals surface area contributed by atoms with Crippen LogP contribution in [0.3, 0.4) is 0 Å². The van der Waals surface area contributed by atoms with Gasteiger partial charge in [-0.2, -0.15) is 0 Å². The normalized spacial score (nSPS) is 10.8. The first-order chi connectivity index (χ1) is 5.95. The fourth-order valence-electron chi connectivity index (χ4n) is 1.76. The van der Waals surface area contributed by atoms with Crippen LogP contribution >= 0.6 is 0 Å². The second-order valence-corrected chi connectivity index (χ2v) is 3.69. The third-order valence-corrected chi connectivity index (χ3v) is 2.34. The first kappa shape index (κ1) is 9.84. The molecule has 0 radical (unpaired) electrons. The molecule has 4 N–H and O–H groups in total. The smallest absolute Gasteiger partial charge is 0.147 e. The molecule has 0 atom stereocenters. The van der Waals surface area contributed by atoms with E-state index in [1.807, 2.05) is 13.8 Å². The van der Waals surface area contributed by atoms with E-state index in [2.05, 4.69) is 18.8 Å². The molecule has 0 saturated heterocycles. The maximum absolute atomic E-state index is 5.80. The Morgan fingerprint density at radius 3 is 2.15 bits per heavy atom. The molecule has 0 aromatic carbocycles. The van der Waals surface area contributed by atoms with Gasteiger partial charge in [-0.3, -0.25) is 0 Å². The van der Waals surface area contributed by atoms with Crippen LogP contribution in [0.5, 0.6) is 0 Å². The first-order valence-electron chi connectivity index (χ1n) is 4.47. The van der Waals surface area contributed by atoms with Crippen molar-refractivity contribution in [1.29, 1.82) is 0 Å². The average molecular weight is 179 g/mol. The summed E-state index contributed by atoms with van der Waals surface area (Å²) in [7, 11) is 0. The summed E-state index contributed by atoms with van der Waals surface area (Å²) in [5.41, 5.74) is 15.3. The Morgan fingerprint density at radius 1 is 1.15 bits per heavy atom. The second kappa shape index (κ2) is 3.24. The molecule has 0 aliphatic rings. The topological polar surface area (TPSA) is 64.9 Å². The Balaban J connectivity index is 3.44. The van der Waals surface area contributed by atoms with E-state index in [-0.39, 0.29) is 0 Å². The highest BCUT2D eigenvalue weighted by Crippen LogP contribution is 2.28. The van der Waals surface area contributed by atoms with Gasteiger partial charge in [0.1, 0.15) is 5.82 Å². The molecule has 1 aromatic rings. The summed E-state index contributed by atoms with van der Waals surface area (Å²) in [6.45, 7) is 8.23. The summed E-state index contributed by atoms with van der Waals surface area (Å²) in [5.74, 6) is 0.884. The molecule has 3 nitrogen and oxygen atoms in total. The minimum Gasteiger partial charge on any atom is -0.396 e. The standard InChI is InChI=1S/C10H17N3/c1-5(2)8-6(3)9(11)10(12)13-7(8)4/h5H,11H2,1-4H3,(H2,12,13). The predicted molar refractivity (Wildman–Crippen MR) is 56.6 cm³/mol. The highest BCUT2D eigenvalue weighted by atomic mass is 14.9. The maximum Gasteiger partial charge on any atom is 0.147 e. The maximum atomic E-state index is 5.80. The van der Waals surface area contributed by atoms with Gasteiger partial charge in [-0.1, -0.05) is 13.8 Å². The van der Waals surface area contributed by atoms with Gasteiger partial charge in [-0.25, -0.2) is 4.98 Å². The molecule has 1 aromatic heterocycles. The minimum atomic E-state index is 0.440. The number of nitrogens with two attached hydrogens (primary N) is 2. The van der Waals surface area contributed by atoms with Crippen molar-refractivity contribution in [2.45, 2.75) is 33.6 Å². The zero-order chi connectivity index (χ0) is 10.2. The largest absolute Gasteiger partial charge is 0.396 e. The van der Waals surface area contributed by atoms with Gasteiger partial charge in [0.2, 0.25) is 0 Å². The number of aromatic nitrogens is 1. The number of nitrogen functional groups attached to an aromatic ring is 2. The third kappa shape index (κ3) is 1.59. The number of aryl methyl sites for hydroxylation is 1. The van der Waals surface area contributed by atoms with Crippen LogP contribution in [0.2, 0.25) is 0 Å². The van der Waals surface area contributed by atoms with E-state index >= 15 is 0 Å². The van der Waals surface area contributed by atoms with Crippen LogP contribution in [-0.4, -0.2) is 4.98 Å². The highest BCUT2D eigenvalue weighted by Gasteiger charge is 2.12. The molecule has 3 heteroatoms. The van der Waals surface area contributed by atoms with Crippen LogP contribution in [0.4, 0.5) is 11.5 Å². The Morgan fingerprint density at radius 2 is 1.69 bits per heavy atom. The predicted octanol–water partition coefficient (Wildman–Crippen LogP) is 1.99. The van der Waals surface area contributed by atoms with Crippen molar-refractivity contribution in [3.8, 4) is 0 Å². The van der Waals surface area contributed by atoms with Gasteiger partial charge >= 0.3 is 0 Å². The summed E-state index contributed by atoms with van der Waals surface area (Å²) < 4.78 is 0. The summed E-state index contributed by atoms with van der Waals surface area (Å²) >= 11 is 0. The van der Waals surface area contributed by atoms with E-state index < -0.39 is 0 Å². The van der Waals surface area contributed by atoms with Crippen LogP contribution in [0.1, 0.15) is 36.6 Å². The molecule has 0 fully saturated rings. The Bertz CT molecular complexity index is 329. The average Bonchev–Trinajstić information content (AvgIpc) is 1.99. The number of pyridine rings is 1. The van der Waals surface area contributed by atoms with E-state index in [4.69, 9.17) is 11.5 Å². The van der Waals surface area contributed by atoms with E-state index in [1.165, 1.54) is 5.56 Å². The summed E-state index contributed by atoms with van der Waals surface area (Å²) in [4.78, 5) is 4.21. The summed E-state index contributed by atoms with van der Waals surface area (Å²) in [6.07, 6.45) is 0. The first-order valence-corrected chi connectivity index (χ1v) is 4.47. The summed E-state index contributed by atoms with van der Waals surface area (Å²) in [5, 5.41) is 0. The van der Waals surface area contributed by atoms with Gasteiger partial charge in [0.15, 0.2) is 0 Å². The number of hydrogen-bond acceptors (Lipinski definition) is 3. The van der Waals surface area contributed by atoms with Crippen LogP contribution in [0.15, 0.2) is 0 Å². The van der Waals surface area contributed by atoms with Crippen molar-refractivity contribution in [1.82, 2.24) is 4.98 Å². The van der Waals surface area contributed by atoms with Crippen molar-refractivity contribution >= 4 is 11.5 Å². The van der Waals surface area contributed by atoms with Crippen molar-refractivity contribution < 1.29 is 0 Å². The van der Waals surface area contributed by atoms with Crippen LogP contribution < -0.4 is 11.5 Å². The Hall–Kier alpha value is -1.25. The van der Waals surface area contributed by atoms with Crippen molar-refractivity contribution in [3.05, 3.63) is 16.8 Å². The molecule has 0 spiro atoms. The van der Waals surface area contributed by atoms with E-state index in [0.717, 1.165) is 11.3 Å². The highest BCUT2D eigenvalue weighted by molar-refractivity contribution is 5.66. The fraction of sp³-hybridized carbons (Fsp3) is 0.500. The number of hydrogen-bond donors (Lipinski definition) is 2. The number of rotatable bonds is 1. The molecule has 0 aliphatic carbocycles. The number of nitrogens with zero attached hydrogens (tertiary/aromatic N) is 1. The lowest BCUT2D eigenvalue weighted by Gasteiger charge is -2.15. The monoisotopic (exact) mass is 179 g/mol. The van der Waals surface area contributed by atoms with Crippen molar-refractivity contribution in [2.75, 3.05) is 11.5 Å². The molecule has 0 bridgehead atoms. The van der Waals surface area contributed by atoms with E-state index in [1.54, 1.807) is 0 Å². The van der Waals surface area contributed by atoms with Gasteiger partial charge in [-0.15, -0.1) is 0 Å². The Labute approximate surface area is 79.2 Å². The lowest BCUT2D eigenvalue weighted by atomic mass is 9.96. The van der Waals surface area contributed by atoms with Crippen molar-refractivity contribution in [3.63, 3.8) is 0 Å². The van der Waals surface area contributed by atoms with E-state index in [9.17, 15) is 0 Å². The molecular formula is C10H17N3. The fourth-order valence-corrected chi connectivity index (χ4v) is 1.76. The quantitative estimate of drug-likeness (QED) is 0.692. The van der Waals surface area contributed by atoms with Gasteiger partial charge in [-0.05, 0) is 30.9 Å². The summed E-state index contributed by atoms with van der Waals surface area (Å²) in [6, 6.07) is 0. The molecule has 0 unspecified atom stereocenters. The second-order valence-electron chi connectivity index (χ2n) is 3.69. The van der Waals surface area contributed by atoms with Gasteiger partial charge in [0, 0.05) is 5.69 Å². The molecule has 1 rings (SSSR count). The molecule has 13 heavy (non-hydrogen) atoms. The minimum absolute atomic E-state index is 0.440. The lowest BCUT2D eigenvalue weighted by molar-refractivity contribution is 0.834. The van der Waals surface area contributed by atoms with E-state index in [0.29, 0.717) is 17.4 Å². The molecule has 0 amide bonds. The molecular weight excluding hydrogens is 162 g/mol. The SMILES string of the molecule is Cc1nc(N)c(N)c(C)c1C(C)C. The third-order valence-electron chi connectivity index (χ3n) is 2.34. The molecule has 0 saturated carbocycles. The Kier molecular flexibility index (Phi) is 2.45. The van der Waals surface area contributed by atoms with Crippen molar-refractivity contribution in [2.24, 2.45) is 0 Å². The molecule has 0 aliphatic heterocycles.